The van der Waals surface area contributed by atoms with Gasteiger partial charge >= 0.3 is 5.97 Å². The third-order valence-corrected chi connectivity index (χ3v) is 6.72. The first-order chi connectivity index (χ1) is 10.9. The van der Waals surface area contributed by atoms with Gasteiger partial charge in [0.1, 0.15) is 0 Å². The third-order valence-electron chi connectivity index (χ3n) is 5.29. The number of fused-ring (bicyclic) bond motifs is 1. The third kappa shape index (κ3) is 3.32. The van der Waals surface area contributed by atoms with Crippen LogP contribution in [0.3, 0.4) is 0 Å². The maximum Gasteiger partial charge on any atom is 0.337 e. The van der Waals surface area contributed by atoms with Crippen LogP contribution in [0.15, 0.2) is 0 Å². The van der Waals surface area contributed by atoms with E-state index in [1.165, 1.54) is 4.88 Å². The largest absolute Gasteiger partial charge is 0.478 e. The lowest BCUT2D eigenvalue weighted by Gasteiger charge is -2.31. The Morgan fingerprint density at radius 3 is 2.96 bits per heavy atom. The molecule has 0 aromatic carbocycles. The van der Waals surface area contributed by atoms with Crippen molar-refractivity contribution in [1.29, 1.82) is 0 Å². The summed E-state index contributed by atoms with van der Waals surface area (Å²) in [7, 11) is 1.95. The van der Waals surface area contributed by atoms with E-state index in [0.29, 0.717) is 17.4 Å². The summed E-state index contributed by atoms with van der Waals surface area (Å²) in [5.41, 5.74) is 1.93. The van der Waals surface area contributed by atoms with Gasteiger partial charge in [0.25, 0.3) is 0 Å². The SMILES string of the molecule is CNC[C@@H]1COCC[C@@H]1c1sc2c(c1C(=O)O)CC(C)(C)CC2. The number of thiophene rings is 1. The Morgan fingerprint density at radius 2 is 2.26 bits per heavy atom. The molecule has 128 valence electrons. The predicted octanol–water partition coefficient (Wildman–Crippen LogP) is 3.30. The van der Waals surface area contributed by atoms with Crippen molar-refractivity contribution in [2.24, 2.45) is 11.3 Å². The van der Waals surface area contributed by atoms with Gasteiger partial charge in [-0.2, -0.15) is 0 Å². The van der Waals surface area contributed by atoms with Gasteiger partial charge in [-0.15, -0.1) is 11.3 Å². The molecule has 2 N–H and O–H groups in total. The molecule has 1 fully saturated rings. The first kappa shape index (κ1) is 16.9. The number of ether oxygens (including phenoxy) is 1. The van der Waals surface area contributed by atoms with E-state index in [1.807, 2.05) is 7.05 Å². The minimum absolute atomic E-state index is 0.204. The van der Waals surface area contributed by atoms with Gasteiger partial charge in [-0.1, -0.05) is 13.8 Å². The van der Waals surface area contributed by atoms with E-state index in [9.17, 15) is 9.90 Å². The molecule has 0 amide bonds. The molecule has 1 aromatic rings. The molecule has 0 radical (unpaired) electrons. The van der Waals surface area contributed by atoms with E-state index in [0.717, 1.165) is 55.9 Å². The van der Waals surface area contributed by atoms with Gasteiger partial charge in [0.15, 0.2) is 0 Å². The van der Waals surface area contributed by atoms with E-state index in [4.69, 9.17) is 4.74 Å². The predicted molar refractivity (Wildman–Crippen MR) is 92.7 cm³/mol. The van der Waals surface area contributed by atoms with Crippen LogP contribution in [-0.2, 0) is 17.6 Å². The highest BCUT2D eigenvalue weighted by molar-refractivity contribution is 7.12. The van der Waals surface area contributed by atoms with Crippen molar-refractivity contribution in [3.05, 3.63) is 20.9 Å². The molecular weight excluding hydrogens is 310 g/mol. The highest BCUT2D eigenvalue weighted by Crippen LogP contribution is 2.46. The fourth-order valence-electron chi connectivity index (χ4n) is 4.04. The number of carbonyl (C=O) groups is 1. The van der Waals surface area contributed by atoms with Crippen molar-refractivity contribution in [2.75, 3.05) is 26.8 Å². The molecule has 2 heterocycles. The molecule has 3 rings (SSSR count). The first-order valence-corrected chi connectivity index (χ1v) is 9.34. The van der Waals surface area contributed by atoms with Gasteiger partial charge < -0.3 is 15.2 Å². The molecule has 5 heteroatoms. The van der Waals surface area contributed by atoms with Crippen LogP contribution in [0, 0.1) is 11.3 Å². The highest BCUT2D eigenvalue weighted by Gasteiger charge is 2.37. The van der Waals surface area contributed by atoms with Gasteiger partial charge in [-0.25, -0.2) is 4.79 Å². The number of hydrogen-bond acceptors (Lipinski definition) is 4. The zero-order valence-electron chi connectivity index (χ0n) is 14.3. The highest BCUT2D eigenvalue weighted by atomic mass is 32.1. The summed E-state index contributed by atoms with van der Waals surface area (Å²) in [6.07, 6.45) is 3.98. The minimum Gasteiger partial charge on any atom is -0.478 e. The number of carboxylic acids is 1. The molecule has 2 aliphatic rings. The smallest absolute Gasteiger partial charge is 0.337 e. The molecule has 0 saturated carbocycles. The minimum atomic E-state index is -0.745. The summed E-state index contributed by atoms with van der Waals surface area (Å²) in [5, 5.41) is 13.1. The molecular formula is C18H27NO3S. The van der Waals surface area contributed by atoms with Crippen LogP contribution in [0.5, 0.6) is 0 Å². The number of nitrogens with one attached hydrogen (secondary N) is 1. The summed E-state index contributed by atoms with van der Waals surface area (Å²) in [5.74, 6) is -0.0779. The molecule has 2 atom stereocenters. The van der Waals surface area contributed by atoms with Gasteiger partial charge in [0.05, 0.1) is 12.2 Å². The average Bonchev–Trinajstić information content (AvgIpc) is 2.85. The zero-order valence-corrected chi connectivity index (χ0v) is 15.1. The number of rotatable bonds is 4. The lowest BCUT2D eigenvalue weighted by molar-refractivity contribution is 0.0411. The van der Waals surface area contributed by atoms with Crippen molar-refractivity contribution in [2.45, 2.75) is 45.4 Å². The zero-order chi connectivity index (χ0) is 16.6. The van der Waals surface area contributed by atoms with Crippen LogP contribution in [0.25, 0.3) is 0 Å². The van der Waals surface area contributed by atoms with Crippen LogP contribution < -0.4 is 5.32 Å². The van der Waals surface area contributed by atoms with E-state index in [-0.39, 0.29) is 5.41 Å². The van der Waals surface area contributed by atoms with Crippen molar-refractivity contribution in [3.8, 4) is 0 Å². The van der Waals surface area contributed by atoms with E-state index >= 15 is 0 Å². The Labute approximate surface area is 142 Å². The van der Waals surface area contributed by atoms with E-state index < -0.39 is 5.97 Å². The van der Waals surface area contributed by atoms with Crippen molar-refractivity contribution in [3.63, 3.8) is 0 Å². The summed E-state index contributed by atoms with van der Waals surface area (Å²) in [6.45, 7) is 6.82. The van der Waals surface area contributed by atoms with Crippen LogP contribution in [0.2, 0.25) is 0 Å². The Balaban J connectivity index is 2.02. The molecule has 4 nitrogen and oxygen atoms in total. The molecule has 0 unspecified atom stereocenters. The number of aromatic carboxylic acids is 1. The molecule has 23 heavy (non-hydrogen) atoms. The maximum atomic E-state index is 12.0. The second-order valence-corrected chi connectivity index (χ2v) is 8.81. The molecule has 1 aromatic heterocycles. The van der Waals surface area contributed by atoms with Crippen LogP contribution in [-0.4, -0.2) is 37.9 Å². The summed E-state index contributed by atoms with van der Waals surface area (Å²) in [6, 6.07) is 0. The van der Waals surface area contributed by atoms with Gasteiger partial charge in [-0.05, 0) is 43.7 Å². The van der Waals surface area contributed by atoms with Crippen LogP contribution in [0.1, 0.15) is 58.3 Å². The summed E-state index contributed by atoms with van der Waals surface area (Å²) in [4.78, 5) is 14.4. The number of carboxylic acid groups (broad SMARTS) is 1. The number of aryl methyl sites for hydroxylation is 1. The molecule has 0 bridgehead atoms. The normalized spacial score (nSPS) is 26.7. The van der Waals surface area contributed by atoms with Crippen molar-refractivity contribution < 1.29 is 14.6 Å². The van der Waals surface area contributed by atoms with Crippen LogP contribution >= 0.6 is 11.3 Å². The van der Waals surface area contributed by atoms with Crippen molar-refractivity contribution in [1.82, 2.24) is 5.32 Å². The average molecular weight is 337 g/mol. The van der Waals surface area contributed by atoms with E-state index in [2.05, 4.69) is 19.2 Å². The number of hydrogen-bond donors (Lipinski definition) is 2. The first-order valence-electron chi connectivity index (χ1n) is 8.53. The van der Waals surface area contributed by atoms with E-state index in [1.54, 1.807) is 11.3 Å². The monoisotopic (exact) mass is 337 g/mol. The second-order valence-electron chi connectivity index (χ2n) is 7.68. The molecule has 1 saturated heterocycles. The standard InChI is InChI=1S/C18H27NO3S/c1-18(2)6-4-14-13(8-18)15(17(20)21)16(23-14)12-5-7-22-10-11(12)9-19-3/h11-12,19H,4-10H2,1-3H3,(H,20,21)/t11-,12+/m1/s1. The van der Waals surface area contributed by atoms with Gasteiger partial charge in [-0.3, -0.25) is 0 Å². The quantitative estimate of drug-likeness (QED) is 0.885. The topological polar surface area (TPSA) is 58.6 Å². The van der Waals surface area contributed by atoms with Crippen LogP contribution in [0.4, 0.5) is 0 Å². The molecule has 1 aliphatic heterocycles. The summed E-state index contributed by atoms with van der Waals surface area (Å²) >= 11 is 1.76. The Kier molecular flexibility index (Phi) is 4.81. The lowest BCUT2D eigenvalue weighted by atomic mass is 9.75. The fraction of sp³-hybridized carbons (Fsp3) is 0.722. The fourth-order valence-corrected chi connectivity index (χ4v) is 5.58. The van der Waals surface area contributed by atoms with Crippen molar-refractivity contribution >= 4 is 17.3 Å². The maximum absolute atomic E-state index is 12.0. The Morgan fingerprint density at radius 1 is 1.48 bits per heavy atom. The summed E-state index contributed by atoms with van der Waals surface area (Å²) < 4.78 is 5.64. The van der Waals surface area contributed by atoms with Gasteiger partial charge in [0.2, 0.25) is 0 Å². The molecule has 1 aliphatic carbocycles. The Bertz CT molecular complexity index is 591. The van der Waals surface area contributed by atoms with Gasteiger partial charge in [0, 0.05) is 34.7 Å². The molecule has 0 spiro atoms. The lowest BCUT2D eigenvalue weighted by Crippen LogP contribution is -2.33. The Hall–Kier alpha value is -0.910. The second kappa shape index (κ2) is 6.54.